The molecule has 0 atom stereocenters. The molecule has 1 saturated heterocycles. The number of pyridine rings is 1. The molecule has 140 valence electrons. The molecule has 1 aromatic heterocycles. The van der Waals surface area contributed by atoms with Gasteiger partial charge in [-0.05, 0) is 56.7 Å². The Kier molecular flexibility index (Phi) is 6.10. The molecule has 2 heterocycles. The fourth-order valence-corrected chi connectivity index (χ4v) is 4.30. The van der Waals surface area contributed by atoms with Gasteiger partial charge in [-0.3, -0.25) is 9.88 Å². The smallest absolute Gasteiger partial charge is 0.409 e. The van der Waals surface area contributed by atoms with Crippen molar-refractivity contribution in [2.24, 2.45) is 0 Å². The summed E-state index contributed by atoms with van der Waals surface area (Å²) in [5.74, 6) is 0. The standard InChI is InChI=1S/C20H28N4O2/c1-2-26-19(25)24-13-3-12-23(14-15-24)18-4-8-20(16-21,9-5-18)17-6-10-22-11-7-17/h6-7,10-11,18H,2-5,8-9,12-15H2,1H3. The van der Waals surface area contributed by atoms with Crippen molar-refractivity contribution in [2.75, 3.05) is 32.8 Å². The second-order valence-electron chi connectivity index (χ2n) is 7.24. The number of hydrogen-bond donors (Lipinski definition) is 0. The molecule has 2 fully saturated rings. The summed E-state index contributed by atoms with van der Waals surface area (Å²) < 4.78 is 5.14. The van der Waals surface area contributed by atoms with Gasteiger partial charge in [0.15, 0.2) is 0 Å². The zero-order valence-electron chi connectivity index (χ0n) is 15.6. The third-order valence-corrected chi connectivity index (χ3v) is 5.83. The highest BCUT2D eigenvalue weighted by Gasteiger charge is 2.39. The minimum Gasteiger partial charge on any atom is -0.450 e. The lowest BCUT2D eigenvalue weighted by molar-refractivity contribution is 0.104. The molecule has 0 spiro atoms. The maximum Gasteiger partial charge on any atom is 0.409 e. The van der Waals surface area contributed by atoms with Crippen LogP contribution in [0.4, 0.5) is 4.79 Å². The van der Waals surface area contributed by atoms with Crippen LogP contribution in [-0.4, -0.2) is 59.7 Å². The van der Waals surface area contributed by atoms with E-state index in [4.69, 9.17) is 4.74 Å². The first kappa shape index (κ1) is 18.7. The summed E-state index contributed by atoms with van der Waals surface area (Å²) in [5.41, 5.74) is 0.722. The summed E-state index contributed by atoms with van der Waals surface area (Å²) >= 11 is 0. The number of carbonyl (C=O) groups is 1. The average Bonchev–Trinajstić information content (AvgIpc) is 2.95. The monoisotopic (exact) mass is 356 g/mol. The molecular formula is C20H28N4O2. The minimum absolute atomic E-state index is 0.195. The van der Waals surface area contributed by atoms with Gasteiger partial charge >= 0.3 is 6.09 Å². The van der Waals surface area contributed by atoms with E-state index in [-0.39, 0.29) is 11.5 Å². The highest BCUT2D eigenvalue weighted by molar-refractivity contribution is 5.67. The number of aromatic nitrogens is 1. The fourth-order valence-electron chi connectivity index (χ4n) is 4.30. The predicted octanol–water partition coefficient (Wildman–Crippen LogP) is 2.95. The van der Waals surface area contributed by atoms with Crippen molar-refractivity contribution in [3.8, 4) is 6.07 Å². The number of nitriles is 1. The van der Waals surface area contributed by atoms with Gasteiger partial charge in [0, 0.05) is 44.6 Å². The van der Waals surface area contributed by atoms with Crippen LogP contribution >= 0.6 is 0 Å². The molecule has 1 amide bonds. The first-order valence-corrected chi connectivity index (χ1v) is 9.66. The van der Waals surface area contributed by atoms with E-state index < -0.39 is 0 Å². The quantitative estimate of drug-likeness (QED) is 0.833. The molecule has 2 aliphatic rings. The van der Waals surface area contributed by atoms with E-state index in [1.165, 1.54) is 0 Å². The van der Waals surface area contributed by atoms with E-state index in [2.05, 4.69) is 16.0 Å². The van der Waals surface area contributed by atoms with Gasteiger partial charge in [-0.1, -0.05) is 0 Å². The lowest BCUT2D eigenvalue weighted by Gasteiger charge is -2.40. The van der Waals surface area contributed by atoms with Crippen molar-refractivity contribution in [3.05, 3.63) is 30.1 Å². The topological polar surface area (TPSA) is 69.5 Å². The van der Waals surface area contributed by atoms with Crippen molar-refractivity contribution in [2.45, 2.75) is 50.5 Å². The lowest BCUT2D eigenvalue weighted by atomic mass is 9.69. The molecule has 1 aromatic rings. The molecule has 6 heteroatoms. The van der Waals surface area contributed by atoms with E-state index in [1.54, 1.807) is 12.4 Å². The maximum atomic E-state index is 12.0. The Morgan fingerprint density at radius 2 is 2.00 bits per heavy atom. The van der Waals surface area contributed by atoms with Gasteiger partial charge in [-0.25, -0.2) is 4.79 Å². The van der Waals surface area contributed by atoms with E-state index in [1.807, 2.05) is 24.0 Å². The van der Waals surface area contributed by atoms with Gasteiger partial charge in [0.2, 0.25) is 0 Å². The molecule has 0 radical (unpaired) electrons. The Labute approximate surface area is 155 Å². The summed E-state index contributed by atoms with van der Waals surface area (Å²) in [7, 11) is 0. The van der Waals surface area contributed by atoms with Crippen molar-refractivity contribution >= 4 is 6.09 Å². The third-order valence-electron chi connectivity index (χ3n) is 5.83. The molecule has 0 bridgehead atoms. The van der Waals surface area contributed by atoms with Crippen molar-refractivity contribution < 1.29 is 9.53 Å². The van der Waals surface area contributed by atoms with Crippen molar-refractivity contribution in [1.29, 1.82) is 5.26 Å². The first-order chi connectivity index (χ1) is 12.7. The maximum absolute atomic E-state index is 12.0. The van der Waals surface area contributed by atoms with Gasteiger partial charge in [0.05, 0.1) is 18.1 Å². The van der Waals surface area contributed by atoms with Gasteiger partial charge in [-0.2, -0.15) is 5.26 Å². The molecule has 26 heavy (non-hydrogen) atoms. The molecular weight excluding hydrogens is 328 g/mol. The average molecular weight is 356 g/mol. The highest BCUT2D eigenvalue weighted by atomic mass is 16.6. The molecule has 1 saturated carbocycles. The van der Waals surface area contributed by atoms with Gasteiger partial charge in [0.25, 0.3) is 0 Å². The minimum atomic E-state index is -0.373. The highest BCUT2D eigenvalue weighted by Crippen LogP contribution is 2.40. The number of carbonyl (C=O) groups excluding carboxylic acids is 1. The fraction of sp³-hybridized carbons (Fsp3) is 0.650. The van der Waals surface area contributed by atoms with Crippen LogP contribution in [0.3, 0.4) is 0 Å². The Morgan fingerprint density at radius 1 is 1.27 bits per heavy atom. The molecule has 6 nitrogen and oxygen atoms in total. The first-order valence-electron chi connectivity index (χ1n) is 9.66. The van der Waals surface area contributed by atoms with Crippen LogP contribution in [0.25, 0.3) is 0 Å². The molecule has 0 aromatic carbocycles. The van der Waals surface area contributed by atoms with E-state index >= 15 is 0 Å². The van der Waals surface area contributed by atoms with Crippen LogP contribution < -0.4 is 0 Å². The summed E-state index contributed by atoms with van der Waals surface area (Å²) in [5, 5.41) is 9.84. The normalized spacial score (nSPS) is 27.4. The largest absolute Gasteiger partial charge is 0.450 e. The van der Waals surface area contributed by atoms with Crippen LogP contribution in [0.2, 0.25) is 0 Å². The SMILES string of the molecule is CCOC(=O)N1CCCN(C2CCC(C#N)(c3ccncc3)CC2)CC1. The number of ether oxygens (including phenoxy) is 1. The lowest BCUT2D eigenvalue weighted by Crippen LogP contribution is -2.44. The molecule has 1 aliphatic carbocycles. The molecule has 0 N–H and O–H groups in total. The number of hydrogen-bond acceptors (Lipinski definition) is 5. The van der Waals surface area contributed by atoms with E-state index in [9.17, 15) is 10.1 Å². The Bertz CT molecular complexity index is 635. The molecule has 1 aliphatic heterocycles. The second kappa shape index (κ2) is 8.50. The Hall–Kier alpha value is -2.13. The van der Waals surface area contributed by atoms with Gasteiger partial charge in [0.1, 0.15) is 0 Å². The molecule has 0 unspecified atom stereocenters. The summed E-state index contributed by atoms with van der Waals surface area (Å²) in [4.78, 5) is 20.4. The zero-order chi connectivity index (χ0) is 18.4. The number of amides is 1. The Balaban J connectivity index is 1.58. The van der Waals surface area contributed by atoms with E-state index in [0.29, 0.717) is 12.6 Å². The second-order valence-corrected chi connectivity index (χ2v) is 7.24. The van der Waals surface area contributed by atoms with Gasteiger partial charge in [-0.15, -0.1) is 0 Å². The summed E-state index contributed by atoms with van der Waals surface area (Å²) in [6.45, 7) is 5.65. The van der Waals surface area contributed by atoms with E-state index in [0.717, 1.165) is 63.8 Å². The molecule has 3 rings (SSSR count). The Morgan fingerprint density at radius 3 is 2.65 bits per heavy atom. The van der Waals surface area contributed by atoms with Crippen LogP contribution in [0, 0.1) is 11.3 Å². The zero-order valence-corrected chi connectivity index (χ0v) is 15.6. The summed E-state index contributed by atoms with van der Waals surface area (Å²) in [6, 6.07) is 7.05. The van der Waals surface area contributed by atoms with Crippen molar-refractivity contribution in [3.63, 3.8) is 0 Å². The predicted molar refractivity (Wildman–Crippen MR) is 98.6 cm³/mol. The van der Waals surface area contributed by atoms with Crippen LogP contribution in [0.5, 0.6) is 0 Å². The number of rotatable bonds is 3. The number of nitrogens with zero attached hydrogens (tertiary/aromatic N) is 4. The third kappa shape index (κ3) is 3.99. The summed E-state index contributed by atoms with van der Waals surface area (Å²) in [6.07, 6.45) is 8.15. The van der Waals surface area contributed by atoms with Crippen LogP contribution in [-0.2, 0) is 10.2 Å². The van der Waals surface area contributed by atoms with Crippen molar-refractivity contribution in [1.82, 2.24) is 14.8 Å². The van der Waals surface area contributed by atoms with Gasteiger partial charge < -0.3 is 9.64 Å². The van der Waals surface area contributed by atoms with Crippen LogP contribution in [0.15, 0.2) is 24.5 Å². The van der Waals surface area contributed by atoms with Crippen LogP contribution in [0.1, 0.15) is 44.6 Å².